The van der Waals surface area contributed by atoms with Crippen LogP contribution in [0.5, 0.6) is 0 Å². The number of hydrogen-bond acceptors (Lipinski definition) is 4. The standard InChI is InChI=1S/C15H23N3O/c1-2-6-16-15-8-12(5-7-17-15)18-9-11-3-4-14(19)13(11)10-18/h5,7-8,11,13-14,19H,2-4,6,9-10H2,1H3,(H,16,17). The summed E-state index contributed by atoms with van der Waals surface area (Å²) in [7, 11) is 0. The van der Waals surface area contributed by atoms with Crippen molar-refractivity contribution in [3.05, 3.63) is 18.3 Å². The van der Waals surface area contributed by atoms with Gasteiger partial charge in [-0.25, -0.2) is 4.98 Å². The molecule has 4 heteroatoms. The molecule has 104 valence electrons. The van der Waals surface area contributed by atoms with E-state index in [4.69, 9.17) is 0 Å². The summed E-state index contributed by atoms with van der Waals surface area (Å²) in [6.07, 6.45) is 5.05. The molecule has 0 bridgehead atoms. The third-order valence-corrected chi connectivity index (χ3v) is 4.48. The summed E-state index contributed by atoms with van der Waals surface area (Å²) in [6, 6.07) is 4.20. The Kier molecular flexibility index (Phi) is 3.60. The van der Waals surface area contributed by atoms with Crippen LogP contribution in [0.3, 0.4) is 0 Å². The molecule has 1 saturated heterocycles. The number of pyridine rings is 1. The van der Waals surface area contributed by atoms with Gasteiger partial charge in [0, 0.05) is 43.5 Å². The molecule has 3 atom stereocenters. The largest absolute Gasteiger partial charge is 0.393 e. The van der Waals surface area contributed by atoms with Crippen molar-refractivity contribution in [1.82, 2.24) is 4.98 Å². The van der Waals surface area contributed by atoms with Crippen molar-refractivity contribution in [2.24, 2.45) is 11.8 Å². The van der Waals surface area contributed by atoms with Crippen molar-refractivity contribution >= 4 is 11.5 Å². The van der Waals surface area contributed by atoms with Gasteiger partial charge < -0.3 is 15.3 Å². The van der Waals surface area contributed by atoms with Crippen LogP contribution in [0, 0.1) is 11.8 Å². The maximum atomic E-state index is 9.98. The van der Waals surface area contributed by atoms with Gasteiger partial charge in [0.15, 0.2) is 0 Å². The van der Waals surface area contributed by atoms with Crippen molar-refractivity contribution in [1.29, 1.82) is 0 Å². The number of nitrogens with one attached hydrogen (secondary N) is 1. The maximum absolute atomic E-state index is 9.98. The fourth-order valence-corrected chi connectivity index (χ4v) is 3.41. The van der Waals surface area contributed by atoms with Crippen LogP contribution in [-0.4, -0.2) is 35.8 Å². The zero-order valence-corrected chi connectivity index (χ0v) is 11.5. The quantitative estimate of drug-likeness (QED) is 0.871. The second-order valence-corrected chi connectivity index (χ2v) is 5.80. The highest BCUT2D eigenvalue weighted by Gasteiger charge is 2.41. The van der Waals surface area contributed by atoms with E-state index < -0.39 is 0 Å². The molecule has 0 amide bonds. The summed E-state index contributed by atoms with van der Waals surface area (Å²) >= 11 is 0. The molecule has 2 heterocycles. The molecule has 2 aliphatic rings. The lowest BCUT2D eigenvalue weighted by atomic mass is 10.00. The maximum Gasteiger partial charge on any atom is 0.127 e. The van der Waals surface area contributed by atoms with Gasteiger partial charge in [-0.15, -0.1) is 0 Å². The Balaban J connectivity index is 1.69. The number of aromatic nitrogens is 1. The lowest BCUT2D eigenvalue weighted by Gasteiger charge is -2.21. The first-order valence-corrected chi connectivity index (χ1v) is 7.41. The lowest BCUT2D eigenvalue weighted by molar-refractivity contribution is 0.133. The summed E-state index contributed by atoms with van der Waals surface area (Å²) in [5.41, 5.74) is 1.23. The number of fused-ring (bicyclic) bond motifs is 1. The zero-order valence-electron chi connectivity index (χ0n) is 11.5. The van der Waals surface area contributed by atoms with Crippen LogP contribution in [0.2, 0.25) is 0 Å². The van der Waals surface area contributed by atoms with E-state index in [2.05, 4.69) is 34.3 Å². The molecule has 4 nitrogen and oxygen atoms in total. The Morgan fingerprint density at radius 2 is 2.32 bits per heavy atom. The van der Waals surface area contributed by atoms with Gasteiger partial charge in [0.1, 0.15) is 5.82 Å². The van der Waals surface area contributed by atoms with Crippen molar-refractivity contribution in [3.8, 4) is 0 Å². The van der Waals surface area contributed by atoms with Gasteiger partial charge in [0.2, 0.25) is 0 Å². The van der Waals surface area contributed by atoms with Crippen LogP contribution in [0.1, 0.15) is 26.2 Å². The number of nitrogens with zero attached hydrogens (tertiary/aromatic N) is 2. The molecule has 3 rings (SSSR count). The number of hydrogen-bond donors (Lipinski definition) is 2. The number of aliphatic hydroxyl groups excluding tert-OH is 1. The van der Waals surface area contributed by atoms with Gasteiger partial charge >= 0.3 is 0 Å². The fraction of sp³-hybridized carbons (Fsp3) is 0.667. The lowest BCUT2D eigenvalue weighted by Crippen LogP contribution is -2.24. The highest BCUT2D eigenvalue weighted by Crippen LogP contribution is 2.39. The van der Waals surface area contributed by atoms with Gasteiger partial charge in [-0.2, -0.15) is 0 Å². The van der Waals surface area contributed by atoms with E-state index in [0.717, 1.165) is 38.3 Å². The minimum atomic E-state index is -0.0884. The van der Waals surface area contributed by atoms with Gasteiger partial charge in [0.25, 0.3) is 0 Å². The molecule has 1 aliphatic heterocycles. The smallest absolute Gasteiger partial charge is 0.127 e. The van der Waals surface area contributed by atoms with Gasteiger partial charge in [-0.05, 0) is 31.2 Å². The normalized spacial score (nSPS) is 29.6. The first-order valence-electron chi connectivity index (χ1n) is 7.41. The molecule has 0 aromatic carbocycles. The van der Waals surface area contributed by atoms with Gasteiger partial charge in [-0.1, -0.05) is 6.92 Å². The Bertz CT molecular complexity index is 437. The van der Waals surface area contributed by atoms with Crippen molar-refractivity contribution in [3.63, 3.8) is 0 Å². The van der Waals surface area contributed by atoms with Crippen LogP contribution >= 0.6 is 0 Å². The minimum absolute atomic E-state index is 0.0884. The van der Waals surface area contributed by atoms with E-state index >= 15 is 0 Å². The van der Waals surface area contributed by atoms with Gasteiger partial charge in [0.05, 0.1) is 6.10 Å². The summed E-state index contributed by atoms with van der Waals surface area (Å²) in [5.74, 6) is 2.10. The van der Waals surface area contributed by atoms with E-state index in [-0.39, 0.29) is 6.10 Å². The molecular formula is C15H23N3O. The predicted octanol–water partition coefficient (Wildman–Crippen LogP) is 2.11. The molecule has 19 heavy (non-hydrogen) atoms. The second-order valence-electron chi connectivity index (χ2n) is 5.80. The predicted molar refractivity (Wildman–Crippen MR) is 77.5 cm³/mol. The molecule has 2 N–H and O–H groups in total. The van der Waals surface area contributed by atoms with Crippen molar-refractivity contribution < 1.29 is 5.11 Å². The zero-order chi connectivity index (χ0) is 13.2. The van der Waals surface area contributed by atoms with Crippen LogP contribution in [-0.2, 0) is 0 Å². The van der Waals surface area contributed by atoms with E-state index in [1.54, 1.807) is 0 Å². The molecule has 0 radical (unpaired) electrons. The highest BCUT2D eigenvalue weighted by molar-refractivity contribution is 5.54. The summed E-state index contributed by atoms with van der Waals surface area (Å²) in [4.78, 5) is 6.75. The third kappa shape index (κ3) is 2.54. The molecule has 1 aliphatic carbocycles. The van der Waals surface area contributed by atoms with E-state index in [1.165, 1.54) is 12.1 Å². The first-order chi connectivity index (χ1) is 9.28. The second kappa shape index (κ2) is 5.37. The molecular weight excluding hydrogens is 238 g/mol. The Morgan fingerprint density at radius 1 is 1.42 bits per heavy atom. The minimum Gasteiger partial charge on any atom is -0.393 e. The number of rotatable bonds is 4. The molecule has 0 spiro atoms. The SMILES string of the molecule is CCCNc1cc(N2CC3CCC(O)C3C2)ccn1. The van der Waals surface area contributed by atoms with Crippen LogP contribution < -0.4 is 10.2 Å². The average molecular weight is 261 g/mol. The summed E-state index contributed by atoms with van der Waals surface area (Å²) in [5, 5.41) is 13.3. The Morgan fingerprint density at radius 3 is 3.11 bits per heavy atom. The monoisotopic (exact) mass is 261 g/mol. The van der Waals surface area contributed by atoms with Crippen molar-refractivity contribution in [2.45, 2.75) is 32.3 Å². The van der Waals surface area contributed by atoms with Crippen molar-refractivity contribution in [2.75, 3.05) is 29.9 Å². The topological polar surface area (TPSA) is 48.4 Å². The van der Waals surface area contributed by atoms with Crippen LogP contribution in [0.25, 0.3) is 0 Å². The van der Waals surface area contributed by atoms with E-state index in [9.17, 15) is 5.11 Å². The van der Waals surface area contributed by atoms with Crippen LogP contribution in [0.4, 0.5) is 11.5 Å². The third-order valence-electron chi connectivity index (χ3n) is 4.48. The molecule has 1 aromatic rings. The molecule has 3 unspecified atom stereocenters. The fourth-order valence-electron chi connectivity index (χ4n) is 3.41. The Labute approximate surface area is 114 Å². The molecule has 1 aromatic heterocycles. The number of anilines is 2. The Hall–Kier alpha value is -1.29. The molecule has 2 fully saturated rings. The number of aliphatic hydroxyl groups is 1. The first kappa shape index (κ1) is 12.7. The highest BCUT2D eigenvalue weighted by atomic mass is 16.3. The summed E-state index contributed by atoms with van der Waals surface area (Å²) in [6.45, 7) is 5.18. The van der Waals surface area contributed by atoms with Gasteiger partial charge in [-0.3, -0.25) is 0 Å². The molecule has 1 saturated carbocycles. The van der Waals surface area contributed by atoms with E-state index in [0.29, 0.717) is 11.8 Å². The average Bonchev–Trinajstić information content (AvgIpc) is 3.00. The van der Waals surface area contributed by atoms with E-state index in [1.807, 2.05) is 6.20 Å². The van der Waals surface area contributed by atoms with Crippen LogP contribution in [0.15, 0.2) is 18.3 Å². The summed E-state index contributed by atoms with van der Waals surface area (Å²) < 4.78 is 0.